The van der Waals surface area contributed by atoms with Crippen LogP contribution in [-0.4, -0.2) is 89.5 Å². The fourth-order valence-electron chi connectivity index (χ4n) is 4.43. The fourth-order valence-corrected chi connectivity index (χ4v) is 4.89. The van der Waals surface area contributed by atoms with Crippen LogP contribution in [0.1, 0.15) is 48.0 Å². The van der Waals surface area contributed by atoms with Crippen LogP contribution in [0.15, 0.2) is 36.7 Å². The van der Waals surface area contributed by atoms with Crippen molar-refractivity contribution in [3.8, 4) is 0 Å². The summed E-state index contributed by atoms with van der Waals surface area (Å²) >= 11 is 1.70. The second-order valence-corrected chi connectivity index (χ2v) is 9.96. The Bertz CT molecular complexity index is 1070. The lowest BCUT2D eigenvalue weighted by atomic mass is 10.1. The molecule has 37 heavy (non-hydrogen) atoms. The minimum Gasteiger partial charge on any atom is -0.464 e. The standard InChI is InChI=1S/C26H36N6O4S/c1-5-36-26(35)22(10-16-37-4)32(18(2)3)21-7-6-11-28-24(21)30-12-14-31(15-13-30)25(34)20-9-8-19(17-29-20)23(27)33/h6-9,11,17-18,22H,5,10,12-16H2,1-4H3,(H2,27,33)/t22-/m0/s1. The summed E-state index contributed by atoms with van der Waals surface area (Å²) in [5.41, 5.74) is 6.67. The third-order valence-corrected chi connectivity index (χ3v) is 6.87. The van der Waals surface area contributed by atoms with Gasteiger partial charge in [0.2, 0.25) is 5.91 Å². The minimum absolute atomic E-state index is 0.0385. The maximum Gasteiger partial charge on any atom is 0.328 e. The quantitative estimate of drug-likeness (QED) is 0.438. The van der Waals surface area contributed by atoms with Crippen LogP contribution < -0.4 is 15.5 Å². The smallest absolute Gasteiger partial charge is 0.328 e. The van der Waals surface area contributed by atoms with Crippen molar-refractivity contribution < 1.29 is 19.1 Å². The Kier molecular flexibility index (Phi) is 10.1. The Balaban J connectivity index is 1.79. The summed E-state index contributed by atoms with van der Waals surface area (Å²) in [5.74, 6) is 0.605. The highest BCUT2D eigenvalue weighted by Crippen LogP contribution is 2.32. The van der Waals surface area contributed by atoms with Gasteiger partial charge in [0.25, 0.3) is 5.91 Å². The molecule has 3 rings (SSSR count). The molecule has 3 heterocycles. The number of nitrogens with two attached hydrogens (primary N) is 1. The first-order valence-corrected chi connectivity index (χ1v) is 13.9. The molecule has 0 bridgehead atoms. The number of rotatable bonds is 11. The van der Waals surface area contributed by atoms with Crippen LogP contribution in [-0.2, 0) is 9.53 Å². The van der Waals surface area contributed by atoms with Gasteiger partial charge in [0, 0.05) is 44.6 Å². The maximum atomic E-state index is 13.0. The van der Waals surface area contributed by atoms with Gasteiger partial charge in [-0.2, -0.15) is 11.8 Å². The summed E-state index contributed by atoms with van der Waals surface area (Å²) in [6.07, 6.45) is 5.76. The van der Waals surface area contributed by atoms with Gasteiger partial charge in [-0.3, -0.25) is 14.6 Å². The molecule has 11 heteroatoms. The van der Waals surface area contributed by atoms with Gasteiger partial charge in [-0.1, -0.05) is 0 Å². The lowest BCUT2D eigenvalue weighted by Gasteiger charge is -2.40. The van der Waals surface area contributed by atoms with Gasteiger partial charge in [0.15, 0.2) is 5.82 Å². The molecule has 1 atom stereocenters. The first-order chi connectivity index (χ1) is 17.8. The van der Waals surface area contributed by atoms with Crippen LogP contribution in [0.25, 0.3) is 0 Å². The van der Waals surface area contributed by atoms with E-state index in [2.05, 4.69) is 28.6 Å². The van der Waals surface area contributed by atoms with Crippen molar-refractivity contribution in [3.63, 3.8) is 0 Å². The van der Waals surface area contributed by atoms with E-state index < -0.39 is 11.9 Å². The van der Waals surface area contributed by atoms with E-state index in [0.717, 1.165) is 17.3 Å². The lowest BCUT2D eigenvalue weighted by Crippen LogP contribution is -2.51. The van der Waals surface area contributed by atoms with Gasteiger partial charge in [-0.05, 0) is 63.5 Å². The number of esters is 1. The second-order valence-electron chi connectivity index (χ2n) is 8.97. The number of carbonyl (C=O) groups excluding carboxylic acids is 3. The number of anilines is 2. The topological polar surface area (TPSA) is 122 Å². The van der Waals surface area contributed by atoms with E-state index >= 15 is 0 Å². The normalized spacial score (nSPS) is 14.4. The van der Waals surface area contributed by atoms with E-state index in [-0.39, 0.29) is 29.2 Å². The van der Waals surface area contributed by atoms with E-state index in [9.17, 15) is 14.4 Å². The summed E-state index contributed by atoms with van der Waals surface area (Å²) in [7, 11) is 0. The molecule has 1 fully saturated rings. The first-order valence-electron chi connectivity index (χ1n) is 12.5. The predicted molar refractivity (Wildman–Crippen MR) is 146 cm³/mol. The van der Waals surface area contributed by atoms with E-state index in [1.165, 1.54) is 18.3 Å². The fraction of sp³-hybridized carbons (Fsp3) is 0.500. The predicted octanol–water partition coefficient (Wildman–Crippen LogP) is 2.44. The van der Waals surface area contributed by atoms with Gasteiger partial charge in [0.1, 0.15) is 11.7 Å². The molecule has 2 aromatic heterocycles. The van der Waals surface area contributed by atoms with Gasteiger partial charge in [-0.25, -0.2) is 9.78 Å². The third-order valence-electron chi connectivity index (χ3n) is 6.22. The van der Waals surface area contributed by atoms with Crippen LogP contribution in [0, 0.1) is 0 Å². The zero-order valence-electron chi connectivity index (χ0n) is 21.9. The van der Waals surface area contributed by atoms with Crippen LogP contribution in [0.4, 0.5) is 11.5 Å². The average molecular weight is 529 g/mol. The molecular weight excluding hydrogens is 492 g/mol. The molecule has 0 spiro atoms. The highest BCUT2D eigenvalue weighted by molar-refractivity contribution is 7.98. The summed E-state index contributed by atoms with van der Waals surface area (Å²) in [5, 5.41) is 0. The molecule has 0 radical (unpaired) electrons. The zero-order chi connectivity index (χ0) is 26.9. The Morgan fingerprint density at radius 3 is 2.43 bits per heavy atom. The van der Waals surface area contributed by atoms with Crippen molar-refractivity contribution in [3.05, 3.63) is 47.9 Å². The lowest BCUT2D eigenvalue weighted by molar-refractivity contribution is -0.144. The van der Waals surface area contributed by atoms with Crippen molar-refractivity contribution in [2.24, 2.45) is 5.73 Å². The molecule has 0 aliphatic carbocycles. The monoisotopic (exact) mass is 528 g/mol. The average Bonchev–Trinajstić information content (AvgIpc) is 2.90. The van der Waals surface area contributed by atoms with E-state index in [4.69, 9.17) is 15.5 Å². The molecule has 2 aromatic rings. The number of thioether (sulfide) groups is 1. The molecule has 2 amide bonds. The third kappa shape index (κ3) is 6.91. The number of pyridine rings is 2. The molecule has 0 unspecified atom stereocenters. The minimum atomic E-state index is -0.583. The maximum absolute atomic E-state index is 13.0. The molecule has 0 saturated carbocycles. The Labute approximate surface area is 222 Å². The number of piperazine rings is 1. The summed E-state index contributed by atoms with van der Waals surface area (Å²) < 4.78 is 5.44. The van der Waals surface area contributed by atoms with Crippen molar-refractivity contribution in [1.29, 1.82) is 0 Å². The molecule has 2 N–H and O–H groups in total. The Morgan fingerprint density at radius 2 is 1.86 bits per heavy atom. The molecule has 1 aliphatic heterocycles. The number of amides is 2. The number of nitrogens with zero attached hydrogens (tertiary/aromatic N) is 5. The number of hydrogen-bond acceptors (Lipinski definition) is 9. The number of aromatic nitrogens is 2. The van der Waals surface area contributed by atoms with Gasteiger partial charge in [0.05, 0.1) is 17.9 Å². The van der Waals surface area contributed by atoms with Crippen LogP contribution in [0.5, 0.6) is 0 Å². The van der Waals surface area contributed by atoms with Gasteiger partial charge < -0.3 is 25.2 Å². The van der Waals surface area contributed by atoms with Crippen LogP contribution >= 0.6 is 11.8 Å². The number of primary amides is 1. The SMILES string of the molecule is CCOC(=O)[C@H](CCSC)N(c1cccnc1N1CCN(C(=O)c2ccc(C(N)=O)cn2)CC1)C(C)C. The highest BCUT2D eigenvalue weighted by Gasteiger charge is 2.33. The molecular formula is C26H36N6O4S. The molecule has 1 saturated heterocycles. The molecule has 1 aliphatic rings. The van der Waals surface area contributed by atoms with Crippen molar-refractivity contribution >= 4 is 41.1 Å². The van der Waals surface area contributed by atoms with E-state index in [1.807, 2.05) is 25.3 Å². The Morgan fingerprint density at radius 1 is 1.14 bits per heavy atom. The van der Waals surface area contributed by atoms with Crippen molar-refractivity contribution in [2.45, 2.75) is 39.3 Å². The van der Waals surface area contributed by atoms with Gasteiger partial charge >= 0.3 is 5.97 Å². The van der Waals surface area contributed by atoms with E-state index in [0.29, 0.717) is 39.2 Å². The summed E-state index contributed by atoms with van der Waals surface area (Å²) in [6, 6.07) is 6.53. The molecule has 200 valence electrons. The summed E-state index contributed by atoms with van der Waals surface area (Å²) in [4.78, 5) is 52.0. The zero-order valence-corrected chi connectivity index (χ0v) is 22.7. The van der Waals surface area contributed by atoms with Crippen molar-refractivity contribution in [2.75, 3.05) is 54.6 Å². The molecule has 0 aromatic carbocycles. The first kappa shape index (κ1) is 28.2. The highest BCUT2D eigenvalue weighted by atomic mass is 32.2. The number of hydrogen-bond donors (Lipinski definition) is 1. The largest absolute Gasteiger partial charge is 0.464 e. The summed E-state index contributed by atoms with van der Waals surface area (Å²) in [6.45, 7) is 8.42. The number of ether oxygens (including phenoxy) is 1. The number of carbonyl (C=O) groups is 3. The van der Waals surface area contributed by atoms with Gasteiger partial charge in [-0.15, -0.1) is 0 Å². The second kappa shape index (κ2) is 13.3. The van der Waals surface area contributed by atoms with Crippen LogP contribution in [0.2, 0.25) is 0 Å². The van der Waals surface area contributed by atoms with Crippen molar-refractivity contribution in [1.82, 2.24) is 14.9 Å². The molecule has 10 nitrogen and oxygen atoms in total. The van der Waals surface area contributed by atoms with E-state index in [1.54, 1.807) is 22.9 Å². The van der Waals surface area contributed by atoms with Crippen LogP contribution in [0.3, 0.4) is 0 Å². The Hall–Kier alpha value is -3.34.